The van der Waals surface area contributed by atoms with E-state index in [4.69, 9.17) is 20.8 Å². The molecule has 1 unspecified atom stereocenters. The fraction of sp³-hybridized carbons (Fsp3) is 0.375. The van der Waals surface area contributed by atoms with Gasteiger partial charge in [0.15, 0.2) is 5.82 Å². The maximum Gasteiger partial charge on any atom is 0.163 e. The second-order valence-corrected chi connectivity index (χ2v) is 14.3. The van der Waals surface area contributed by atoms with Crippen LogP contribution in [0.3, 0.4) is 0 Å². The number of aromatic nitrogens is 3. The highest BCUT2D eigenvalue weighted by molar-refractivity contribution is 9.10. The Balaban J connectivity index is 1.05. The number of nitrogens with one attached hydrogen (secondary N) is 1. The highest BCUT2D eigenvalue weighted by atomic mass is 79.9. The fourth-order valence-electron chi connectivity index (χ4n) is 5.91. The number of anilines is 2. The molecule has 2 aromatic carbocycles. The monoisotopic (exact) mass is 699 g/mol. The molecule has 44 heavy (non-hydrogen) atoms. The predicted molar refractivity (Wildman–Crippen MR) is 176 cm³/mol. The van der Waals surface area contributed by atoms with Gasteiger partial charge < -0.3 is 19.0 Å². The molecule has 2 fully saturated rings. The average Bonchev–Trinajstić information content (AvgIpc) is 3.37. The molecule has 1 aliphatic heterocycles. The number of hydrogen-bond acceptors (Lipinski definition) is 7. The molecule has 1 N–H and O–H groups in total. The summed E-state index contributed by atoms with van der Waals surface area (Å²) in [6, 6.07) is 12.9. The van der Waals surface area contributed by atoms with E-state index in [0.29, 0.717) is 47.8 Å². The molecule has 7 rings (SSSR count). The Kier molecular flexibility index (Phi) is 8.63. The minimum absolute atomic E-state index is 0.0301. The molecule has 0 amide bonds. The van der Waals surface area contributed by atoms with Crippen LogP contribution in [-0.4, -0.2) is 49.3 Å². The first-order valence-electron chi connectivity index (χ1n) is 14.9. The van der Waals surface area contributed by atoms with E-state index < -0.39 is 16.6 Å². The van der Waals surface area contributed by atoms with Crippen LogP contribution >= 0.6 is 27.5 Å². The number of likely N-dealkylation sites (tertiary alicyclic amines) is 1. The highest BCUT2D eigenvalue weighted by Crippen LogP contribution is 2.46. The molecule has 5 aromatic rings. The third kappa shape index (κ3) is 6.38. The van der Waals surface area contributed by atoms with Gasteiger partial charge in [0.25, 0.3) is 0 Å². The van der Waals surface area contributed by atoms with Gasteiger partial charge in [0.2, 0.25) is 0 Å². The van der Waals surface area contributed by atoms with E-state index >= 15 is 0 Å². The lowest BCUT2D eigenvalue weighted by molar-refractivity contribution is 0.294. The van der Waals surface area contributed by atoms with Crippen molar-refractivity contribution in [1.82, 2.24) is 19.7 Å². The Labute approximate surface area is 270 Å². The van der Waals surface area contributed by atoms with Gasteiger partial charge in [-0.25, -0.2) is 4.39 Å². The molecule has 12 heteroatoms. The largest absolute Gasteiger partial charge is 0.492 e. The SMILES string of the molecule is O=S(CCCOc1cc2c3c(Nc4ccc(F)c(Cl)c4)nncc3n(C3CC3)c2cc1Br)Cc1ccc(CN2CCCC2)o1. The number of rotatable bonds is 12. The summed E-state index contributed by atoms with van der Waals surface area (Å²) in [5.41, 5.74) is 2.64. The van der Waals surface area contributed by atoms with Crippen molar-refractivity contribution < 1.29 is 17.8 Å². The van der Waals surface area contributed by atoms with E-state index in [1.807, 2.05) is 18.2 Å². The van der Waals surface area contributed by atoms with Crippen LogP contribution in [0.25, 0.3) is 21.8 Å². The third-order valence-corrected chi connectivity index (χ3v) is 10.4. The van der Waals surface area contributed by atoms with E-state index in [1.54, 1.807) is 12.3 Å². The van der Waals surface area contributed by atoms with Crippen LogP contribution in [0.2, 0.25) is 5.02 Å². The van der Waals surface area contributed by atoms with Gasteiger partial charge in [-0.05, 0) is 104 Å². The summed E-state index contributed by atoms with van der Waals surface area (Å²) in [5.74, 6) is 3.41. The lowest BCUT2D eigenvalue weighted by atomic mass is 10.2. The predicted octanol–water partition coefficient (Wildman–Crippen LogP) is 8.12. The molecule has 1 atom stereocenters. The van der Waals surface area contributed by atoms with E-state index in [2.05, 4.69) is 47.0 Å². The number of ether oxygens (including phenoxy) is 1. The maximum atomic E-state index is 13.8. The second-order valence-electron chi connectivity index (χ2n) is 11.4. The van der Waals surface area contributed by atoms with Gasteiger partial charge in [-0.1, -0.05) is 11.6 Å². The zero-order valence-corrected chi connectivity index (χ0v) is 27.2. The normalized spacial score (nSPS) is 16.2. The van der Waals surface area contributed by atoms with Crippen molar-refractivity contribution in [1.29, 1.82) is 0 Å². The Morgan fingerprint density at radius 1 is 1.11 bits per heavy atom. The standard InChI is InChI=1S/C32H32BrClFN5O3S/c33-25-16-28-24(15-30(25)42-12-3-13-44(41)19-23-8-7-22(43-23)18-39-10-1-2-11-39)31-29(40(28)21-5-6-21)17-36-38-32(31)37-20-4-9-27(35)26(34)14-20/h4,7-9,14-17,21H,1-3,5-6,10-13,18-19H2,(H,37,38). The van der Waals surface area contributed by atoms with Gasteiger partial charge in [-0.15, -0.1) is 5.10 Å². The summed E-state index contributed by atoms with van der Waals surface area (Å²) < 4.78 is 41.9. The Bertz CT molecular complexity index is 1850. The van der Waals surface area contributed by atoms with Crippen LogP contribution in [0.15, 0.2) is 57.6 Å². The van der Waals surface area contributed by atoms with E-state index in [1.165, 1.54) is 25.0 Å². The lowest BCUT2D eigenvalue weighted by Gasteiger charge is -2.11. The van der Waals surface area contributed by atoms with Crippen LogP contribution in [0.5, 0.6) is 5.75 Å². The number of benzene rings is 2. The van der Waals surface area contributed by atoms with Gasteiger partial charge in [-0.2, -0.15) is 5.10 Å². The van der Waals surface area contributed by atoms with Gasteiger partial charge in [0.05, 0.1) is 51.0 Å². The summed E-state index contributed by atoms with van der Waals surface area (Å²) in [7, 11) is -1.05. The first-order valence-corrected chi connectivity index (χ1v) is 17.6. The van der Waals surface area contributed by atoms with Crippen molar-refractivity contribution in [2.75, 3.05) is 30.8 Å². The van der Waals surface area contributed by atoms with Crippen LogP contribution in [0, 0.1) is 5.82 Å². The zero-order valence-electron chi connectivity index (χ0n) is 24.0. The summed E-state index contributed by atoms with van der Waals surface area (Å²) >= 11 is 9.75. The number of fused-ring (bicyclic) bond motifs is 3. The summed E-state index contributed by atoms with van der Waals surface area (Å²) in [5, 5.41) is 13.9. The molecule has 1 aliphatic carbocycles. The van der Waals surface area contributed by atoms with Gasteiger partial charge >= 0.3 is 0 Å². The molecule has 1 saturated heterocycles. The molecular formula is C32H32BrClFN5O3S. The second kappa shape index (κ2) is 12.8. The third-order valence-electron chi connectivity index (χ3n) is 8.14. The van der Waals surface area contributed by atoms with E-state index in [9.17, 15) is 8.60 Å². The molecule has 4 heterocycles. The molecule has 0 radical (unpaired) electrons. The topological polar surface area (TPSA) is 85.4 Å². The number of nitrogens with zero attached hydrogens (tertiary/aromatic N) is 4. The number of halogens is 3. The summed E-state index contributed by atoms with van der Waals surface area (Å²) in [6.07, 6.45) is 7.12. The maximum absolute atomic E-state index is 13.8. The molecule has 0 bridgehead atoms. The molecule has 3 aromatic heterocycles. The minimum Gasteiger partial charge on any atom is -0.492 e. The molecule has 1 saturated carbocycles. The van der Waals surface area contributed by atoms with Gasteiger partial charge in [-0.3, -0.25) is 9.11 Å². The van der Waals surface area contributed by atoms with Gasteiger partial charge in [0.1, 0.15) is 23.1 Å². The lowest BCUT2D eigenvalue weighted by Crippen LogP contribution is -2.17. The van der Waals surface area contributed by atoms with Crippen molar-refractivity contribution in [3.63, 3.8) is 0 Å². The first kappa shape index (κ1) is 29.7. The van der Waals surface area contributed by atoms with Crippen molar-refractivity contribution in [3.05, 3.63) is 75.5 Å². The average molecular weight is 701 g/mol. The number of hydrogen-bond donors (Lipinski definition) is 1. The van der Waals surface area contributed by atoms with Crippen molar-refractivity contribution in [3.8, 4) is 5.75 Å². The van der Waals surface area contributed by atoms with Crippen molar-refractivity contribution in [2.24, 2.45) is 0 Å². The molecule has 8 nitrogen and oxygen atoms in total. The molecular weight excluding hydrogens is 669 g/mol. The molecule has 230 valence electrons. The Morgan fingerprint density at radius 3 is 2.73 bits per heavy atom. The van der Waals surface area contributed by atoms with Crippen LogP contribution < -0.4 is 10.1 Å². The molecule has 2 aliphatic rings. The molecule has 0 spiro atoms. The van der Waals surface area contributed by atoms with Crippen molar-refractivity contribution in [2.45, 2.75) is 50.4 Å². The summed E-state index contributed by atoms with van der Waals surface area (Å²) in [6.45, 7) is 3.48. The van der Waals surface area contributed by atoms with Gasteiger partial charge in [0, 0.05) is 33.7 Å². The summed E-state index contributed by atoms with van der Waals surface area (Å²) in [4.78, 5) is 2.39. The van der Waals surface area contributed by atoms with Crippen LogP contribution in [0.1, 0.15) is 49.7 Å². The zero-order chi connectivity index (χ0) is 30.2. The van der Waals surface area contributed by atoms with Crippen LogP contribution in [-0.2, 0) is 23.1 Å². The fourth-order valence-corrected chi connectivity index (χ4v) is 7.59. The quantitative estimate of drug-likeness (QED) is 0.132. The Hall–Kier alpha value is -2.99. The highest BCUT2D eigenvalue weighted by Gasteiger charge is 2.29. The minimum atomic E-state index is -1.05. The Morgan fingerprint density at radius 2 is 1.93 bits per heavy atom. The first-order chi connectivity index (χ1) is 21.4. The smallest absolute Gasteiger partial charge is 0.163 e. The van der Waals surface area contributed by atoms with Crippen molar-refractivity contribution >= 4 is 71.6 Å². The number of furan rings is 1. The van der Waals surface area contributed by atoms with E-state index in [-0.39, 0.29) is 5.02 Å². The van der Waals surface area contributed by atoms with Crippen LogP contribution in [0.4, 0.5) is 15.9 Å². The van der Waals surface area contributed by atoms with E-state index in [0.717, 1.165) is 70.3 Å².